The van der Waals surface area contributed by atoms with Crippen molar-refractivity contribution in [3.05, 3.63) is 54.0 Å². The lowest BCUT2D eigenvalue weighted by Gasteiger charge is -2.36. The fourth-order valence-corrected chi connectivity index (χ4v) is 2.14. The average molecular weight is 288 g/mol. The summed E-state index contributed by atoms with van der Waals surface area (Å²) in [5.74, 6) is -0.373. The van der Waals surface area contributed by atoms with Crippen molar-refractivity contribution in [1.82, 2.24) is 9.88 Å². The Hall–Kier alpha value is -2.14. The Kier molecular flexibility index (Phi) is 5.11. The number of pyridine rings is 1. The maximum atomic E-state index is 11.2. The lowest BCUT2D eigenvalue weighted by molar-refractivity contribution is -0.134. The summed E-state index contributed by atoms with van der Waals surface area (Å²) in [7, 11) is 1.36. The van der Waals surface area contributed by atoms with Gasteiger partial charge in [-0.05, 0) is 43.2 Å². The molecule has 0 unspecified atom stereocenters. The summed E-state index contributed by atoms with van der Waals surface area (Å²) in [6.45, 7) is 4.70. The van der Waals surface area contributed by atoms with Gasteiger partial charge in [-0.25, -0.2) is 4.79 Å². The van der Waals surface area contributed by atoms with Crippen molar-refractivity contribution in [2.24, 2.45) is 0 Å². The Morgan fingerprint density at radius 2 is 2.14 bits per heavy atom. The summed E-state index contributed by atoms with van der Waals surface area (Å²) >= 11 is 0. The smallest absolute Gasteiger partial charge is 0.330 e. The predicted molar refractivity (Wildman–Crippen MR) is 79.0 cm³/mol. The van der Waals surface area contributed by atoms with Gasteiger partial charge in [-0.1, -0.05) is 0 Å². The van der Waals surface area contributed by atoms with Gasteiger partial charge in [-0.2, -0.15) is 0 Å². The van der Waals surface area contributed by atoms with Gasteiger partial charge in [0.1, 0.15) is 6.23 Å². The van der Waals surface area contributed by atoms with Crippen LogP contribution in [0.3, 0.4) is 0 Å². The fraction of sp³-hybridized carbons (Fsp3) is 0.375. The summed E-state index contributed by atoms with van der Waals surface area (Å²) in [5, 5.41) is 0. The van der Waals surface area contributed by atoms with Gasteiger partial charge in [0.05, 0.1) is 13.2 Å². The minimum Gasteiger partial charge on any atom is -0.466 e. The van der Waals surface area contributed by atoms with E-state index in [2.05, 4.69) is 14.6 Å². The van der Waals surface area contributed by atoms with Crippen LogP contribution < -0.4 is 0 Å². The van der Waals surface area contributed by atoms with E-state index < -0.39 is 0 Å². The summed E-state index contributed by atoms with van der Waals surface area (Å²) < 4.78 is 10.5. The second-order valence-corrected chi connectivity index (χ2v) is 4.89. The van der Waals surface area contributed by atoms with Gasteiger partial charge in [0, 0.05) is 31.2 Å². The Morgan fingerprint density at radius 3 is 2.81 bits per heavy atom. The lowest BCUT2D eigenvalue weighted by atomic mass is 10.1. The standard InChI is InChI=1S/C16H20N2O3/c1-12-15(4-5-16(19)20-3)11-18(13(2)21-12)10-14-6-8-17-9-7-14/h4-9,11-13H,10H2,1-3H3/b5-4+/t12-,13-/m1/s1. The molecule has 0 aliphatic carbocycles. The summed E-state index contributed by atoms with van der Waals surface area (Å²) in [6, 6.07) is 3.95. The summed E-state index contributed by atoms with van der Waals surface area (Å²) in [5.41, 5.74) is 2.09. The lowest BCUT2D eigenvalue weighted by Crippen LogP contribution is -2.38. The first kappa shape index (κ1) is 15.3. The highest BCUT2D eigenvalue weighted by Gasteiger charge is 2.22. The van der Waals surface area contributed by atoms with Gasteiger partial charge in [0.15, 0.2) is 0 Å². The minimum absolute atomic E-state index is 0.0246. The number of nitrogens with zero attached hydrogens (tertiary/aromatic N) is 2. The molecule has 1 aliphatic heterocycles. The largest absolute Gasteiger partial charge is 0.466 e. The van der Waals surface area contributed by atoms with Crippen LogP contribution in [0.2, 0.25) is 0 Å². The van der Waals surface area contributed by atoms with Crippen LogP contribution in [0.5, 0.6) is 0 Å². The van der Waals surface area contributed by atoms with E-state index in [-0.39, 0.29) is 18.3 Å². The van der Waals surface area contributed by atoms with Crippen molar-refractivity contribution in [2.45, 2.75) is 32.7 Å². The molecule has 5 nitrogen and oxygen atoms in total. The number of esters is 1. The SMILES string of the molecule is COC(=O)/C=C/C1=CN(Cc2ccncc2)[C@@H](C)O[C@@H]1C. The molecular formula is C16H20N2O3. The fourth-order valence-electron chi connectivity index (χ4n) is 2.14. The molecule has 112 valence electrons. The third-order valence-electron chi connectivity index (χ3n) is 3.38. The monoisotopic (exact) mass is 288 g/mol. The van der Waals surface area contributed by atoms with Crippen LogP contribution in [0.15, 0.2) is 48.5 Å². The topological polar surface area (TPSA) is 51.7 Å². The molecule has 0 aromatic carbocycles. The zero-order valence-corrected chi connectivity index (χ0v) is 12.5. The molecule has 2 atom stereocenters. The van der Waals surface area contributed by atoms with Gasteiger partial charge in [0.25, 0.3) is 0 Å². The molecule has 0 saturated heterocycles. The van der Waals surface area contributed by atoms with E-state index in [0.717, 1.165) is 17.7 Å². The van der Waals surface area contributed by atoms with Crippen molar-refractivity contribution >= 4 is 5.97 Å². The van der Waals surface area contributed by atoms with Gasteiger partial charge < -0.3 is 14.4 Å². The Morgan fingerprint density at radius 1 is 1.43 bits per heavy atom. The quantitative estimate of drug-likeness (QED) is 0.628. The van der Waals surface area contributed by atoms with Gasteiger partial charge in [-0.15, -0.1) is 0 Å². The molecule has 0 spiro atoms. The molecule has 21 heavy (non-hydrogen) atoms. The first-order chi connectivity index (χ1) is 10.1. The normalized spacial score (nSPS) is 22.2. The van der Waals surface area contributed by atoms with Crippen LogP contribution in [-0.4, -0.2) is 35.3 Å². The molecule has 0 N–H and O–H groups in total. The molecule has 0 amide bonds. The Bertz CT molecular complexity index is 540. The van der Waals surface area contributed by atoms with E-state index in [9.17, 15) is 4.79 Å². The number of ether oxygens (including phenoxy) is 2. The van der Waals surface area contributed by atoms with Crippen LogP contribution in [0.1, 0.15) is 19.4 Å². The minimum atomic E-state index is -0.373. The third-order valence-corrected chi connectivity index (χ3v) is 3.38. The van der Waals surface area contributed by atoms with E-state index >= 15 is 0 Å². The average Bonchev–Trinajstić information content (AvgIpc) is 2.49. The van der Waals surface area contributed by atoms with E-state index in [0.29, 0.717) is 0 Å². The molecule has 0 saturated carbocycles. The number of methoxy groups -OCH3 is 1. The number of rotatable bonds is 4. The maximum Gasteiger partial charge on any atom is 0.330 e. The molecule has 0 fully saturated rings. The van der Waals surface area contributed by atoms with Crippen LogP contribution in [0, 0.1) is 0 Å². The number of hydrogen-bond donors (Lipinski definition) is 0. The van der Waals surface area contributed by atoms with Crippen molar-refractivity contribution in [3.8, 4) is 0 Å². The van der Waals surface area contributed by atoms with E-state index in [1.165, 1.54) is 13.2 Å². The number of aromatic nitrogens is 1. The Labute approximate surface area is 124 Å². The summed E-state index contributed by atoms with van der Waals surface area (Å²) in [6.07, 6.45) is 8.63. The molecule has 2 heterocycles. The number of hydrogen-bond acceptors (Lipinski definition) is 5. The zero-order valence-electron chi connectivity index (χ0n) is 12.5. The maximum absolute atomic E-state index is 11.2. The molecule has 1 aliphatic rings. The van der Waals surface area contributed by atoms with Crippen LogP contribution in [0.4, 0.5) is 0 Å². The highest BCUT2D eigenvalue weighted by Crippen LogP contribution is 2.22. The van der Waals surface area contributed by atoms with Crippen molar-refractivity contribution in [2.75, 3.05) is 7.11 Å². The molecule has 1 aromatic rings. The van der Waals surface area contributed by atoms with Gasteiger partial charge in [-0.3, -0.25) is 4.98 Å². The predicted octanol–water partition coefficient (Wildman–Crippen LogP) is 2.26. The third kappa shape index (κ3) is 4.16. The second-order valence-electron chi connectivity index (χ2n) is 4.89. The van der Waals surface area contributed by atoms with E-state index in [4.69, 9.17) is 4.74 Å². The van der Waals surface area contributed by atoms with E-state index in [1.54, 1.807) is 18.5 Å². The van der Waals surface area contributed by atoms with Crippen molar-refractivity contribution < 1.29 is 14.3 Å². The first-order valence-corrected chi connectivity index (χ1v) is 6.88. The molecular weight excluding hydrogens is 268 g/mol. The van der Waals surface area contributed by atoms with Gasteiger partial charge >= 0.3 is 5.97 Å². The summed E-state index contributed by atoms with van der Waals surface area (Å²) in [4.78, 5) is 17.3. The number of carbonyl (C=O) groups excluding carboxylic acids is 1. The van der Waals surface area contributed by atoms with Crippen LogP contribution in [-0.2, 0) is 20.8 Å². The number of carbonyl (C=O) groups is 1. The molecule has 1 aromatic heterocycles. The zero-order chi connectivity index (χ0) is 15.2. The first-order valence-electron chi connectivity index (χ1n) is 6.88. The molecule has 0 bridgehead atoms. The van der Waals surface area contributed by atoms with Crippen molar-refractivity contribution in [1.29, 1.82) is 0 Å². The van der Waals surface area contributed by atoms with Crippen LogP contribution in [0.25, 0.3) is 0 Å². The second kappa shape index (κ2) is 7.04. The van der Waals surface area contributed by atoms with Crippen molar-refractivity contribution in [3.63, 3.8) is 0 Å². The molecule has 5 heteroatoms. The highest BCUT2D eigenvalue weighted by atomic mass is 16.5. The van der Waals surface area contributed by atoms with E-state index in [1.807, 2.05) is 32.2 Å². The molecule has 0 radical (unpaired) electrons. The van der Waals surface area contributed by atoms with Gasteiger partial charge in [0.2, 0.25) is 0 Å². The highest BCUT2D eigenvalue weighted by molar-refractivity contribution is 5.82. The molecule has 2 rings (SSSR count). The van der Waals surface area contributed by atoms with Crippen LogP contribution >= 0.6 is 0 Å². The Balaban J connectivity index is 2.14.